The lowest BCUT2D eigenvalue weighted by Gasteiger charge is -2.21. The molecule has 0 bridgehead atoms. The normalized spacial score (nSPS) is 15.0. The van der Waals surface area contributed by atoms with Crippen LogP contribution in [0.2, 0.25) is 0 Å². The van der Waals surface area contributed by atoms with Crippen molar-refractivity contribution < 1.29 is 17.9 Å². The van der Waals surface area contributed by atoms with E-state index in [2.05, 4.69) is 9.97 Å². The van der Waals surface area contributed by atoms with Crippen molar-refractivity contribution in [2.24, 2.45) is 0 Å². The van der Waals surface area contributed by atoms with E-state index < -0.39 is 32.1 Å². The quantitative estimate of drug-likeness (QED) is 0.350. The van der Waals surface area contributed by atoms with Gasteiger partial charge in [-0.05, 0) is 60.2 Å². The Labute approximate surface area is 214 Å². The van der Waals surface area contributed by atoms with Crippen molar-refractivity contribution in [3.63, 3.8) is 0 Å². The maximum Gasteiger partial charge on any atom is 0.277 e. The number of hydrogen-bond donors (Lipinski definition) is 1. The third kappa shape index (κ3) is 4.55. The first-order valence-corrected chi connectivity index (χ1v) is 13.7. The van der Waals surface area contributed by atoms with Crippen LogP contribution in [0.3, 0.4) is 0 Å². The van der Waals surface area contributed by atoms with Gasteiger partial charge in [0.1, 0.15) is 5.82 Å². The van der Waals surface area contributed by atoms with Gasteiger partial charge in [0.25, 0.3) is 5.56 Å². The van der Waals surface area contributed by atoms with Crippen LogP contribution in [0.25, 0.3) is 11.1 Å². The number of rotatable bonds is 7. The molecule has 0 aliphatic heterocycles. The fourth-order valence-corrected chi connectivity index (χ4v) is 6.26. The summed E-state index contributed by atoms with van der Waals surface area (Å²) in [5.74, 6) is -1.02. The van der Waals surface area contributed by atoms with Gasteiger partial charge in [0.05, 0.1) is 10.9 Å². The van der Waals surface area contributed by atoms with Gasteiger partial charge in [0, 0.05) is 18.2 Å². The van der Waals surface area contributed by atoms with E-state index in [1.54, 1.807) is 12.1 Å². The largest absolute Gasteiger partial charge is 0.492 e. The zero-order valence-electron chi connectivity index (χ0n) is 20.3. The number of benzene rings is 2. The Morgan fingerprint density at radius 3 is 2.49 bits per heavy atom. The highest BCUT2D eigenvalue weighted by Gasteiger charge is 2.33. The summed E-state index contributed by atoms with van der Waals surface area (Å²) in [4.78, 5) is 20.8. The third-order valence-electron chi connectivity index (χ3n) is 6.79. The molecule has 190 valence electrons. The molecule has 1 aliphatic rings. The highest BCUT2D eigenvalue weighted by atomic mass is 32.2. The van der Waals surface area contributed by atoms with Crippen molar-refractivity contribution in [1.82, 2.24) is 14.5 Å². The molecule has 2 heterocycles. The second-order valence-corrected chi connectivity index (χ2v) is 11.0. The summed E-state index contributed by atoms with van der Waals surface area (Å²) in [6.07, 6.45) is 4.80. The Bertz CT molecular complexity index is 1620. The number of aromatic hydroxyl groups is 1. The fourth-order valence-electron chi connectivity index (χ4n) is 4.91. The smallest absolute Gasteiger partial charge is 0.277 e. The molecule has 5 rings (SSSR count). The van der Waals surface area contributed by atoms with Gasteiger partial charge in [-0.1, -0.05) is 49.7 Å². The molecule has 4 aromatic rings. The average Bonchev–Trinajstić information content (AvgIpc) is 3.31. The van der Waals surface area contributed by atoms with Crippen LogP contribution >= 0.6 is 0 Å². The second-order valence-electron chi connectivity index (χ2n) is 9.11. The molecule has 0 amide bonds. The first-order chi connectivity index (χ1) is 17.8. The lowest BCUT2D eigenvalue weighted by molar-refractivity contribution is 0.408. The monoisotopic (exact) mass is 519 g/mol. The lowest BCUT2D eigenvalue weighted by Crippen LogP contribution is -2.33. The van der Waals surface area contributed by atoms with Crippen molar-refractivity contribution in [3.8, 4) is 17.0 Å². The van der Waals surface area contributed by atoms with Crippen LogP contribution in [0.5, 0.6) is 5.88 Å². The van der Waals surface area contributed by atoms with Crippen molar-refractivity contribution in [3.05, 3.63) is 100 Å². The molecule has 2 aromatic heterocycles. The Morgan fingerprint density at radius 1 is 1.05 bits per heavy atom. The third-order valence-corrected chi connectivity index (χ3v) is 8.58. The summed E-state index contributed by atoms with van der Waals surface area (Å²) in [6, 6.07) is 16.0. The second kappa shape index (κ2) is 9.89. The maximum absolute atomic E-state index is 13.9. The fraction of sp³-hybridized carbons (Fsp3) is 0.250. The van der Waals surface area contributed by atoms with Crippen molar-refractivity contribution in [2.75, 3.05) is 0 Å². The van der Waals surface area contributed by atoms with Gasteiger partial charge in [-0.3, -0.25) is 9.36 Å². The van der Waals surface area contributed by atoms with Gasteiger partial charge >= 0.3 is 0 Å². The van der Waals surface area contributed by atoms with E-state index in [9.17, 15) is 22.7 Å². The number of hydrogen-bond acceptors (Lipinski definition) is 6. The number of aromatic nitrogens is 3. The summed E-state index contributed by atoms with van der Waals surface area (Å²) in [6.45, 7) is 2.01. The molecule has 9 heteroatoms. The number of fused-ring (bicyclic) bond motifs is 1. The van der Waals surface area contributed by atoms with E-state index in [0.29, 0.717) is 29.8 Å². The van der Waals surface area contributed by atoms with E-state index in [4.69, 9.17) is 0 Å². The standard InChI is InChI=1S/C28H26FN3O4S/c1-2-3-8-25-31-27(33)26(28(34)32(25)23-15-11-19-6-4-5-7-22(19)23)37(35,36)21-13-9-18(10-14-21)20-12-16-24(29)30-17-20/h4-7,9-10,12-14,16-17,23,33H,2-3,8,11,15H2,1H3/t23-/m0/s1. The van der Waals surface area contributed by atoms with Crippen LogP contribution in [-0.4, -0.2) is 28.1 Å². The Balaban J connectivity index is 1.61. The van der Waals surface area contributed by atoms with Crippen LogP contribution in [0.4, 0.5) is 4.39 Å². The summed E-state index contributed by atoms with van der Waals surface area (Å²) in [5.41, 5.74) is 2.55. The summed E-state index contributed by atoms with van der Waals surface area (Å²) in [7, 11) is -4.39. The number of nitrogens with zero attached hydrogens (tertiary/aromatic N) is 3. The van der Waals surface area contributed by atoms with Crippen LogP contribution < -0.4 is 5.56 Å². The predicted molar refractivity (Wildman–Crippen MR) is 137 cm³/mol. The number of unbranched alkanes of at least 4 members (excludes halogenated alkanes) is 1. The highest BCUT2D eigenvalue weighted by molar-refractivity contribution is 7.91. The van der Waals surface area contributed by atoms with Crippen LogP contribution in [-0.2, 0) is 22.7 Å². The first-order valence-electron chi connectivity index (χ1n) is 12.2. The molecule has 0 radical (unpaired) electrons. The molecule has 0 fully saturated rings. The van der Waals surface area contributed by atoms with E-state index in [1.807, 2.05) is 31.2 Å². The molecule has 2 aromatic carbocycles. The number of halogens is 1. The topological polar surface area (TPSA) is 102 Å². The molecule has 0 saturated heterocycles. The molecule has 0 spiro atoms. The summed E-state index contributed by atoms with van der Waals surface area (Å²) < 4.78 is 41.9. The van der Waals surface area contributed by atoms with E-state index in [1.165, 1.54) is 35.0 Å². The molecule has 1 aliphatic carbocycles. The molecule has 0 saturated carbocycles. The van der Waals surface area contributed by atoms with E-state index in [0.717, 1.165) is 30.4 Å². The van der Waals surface area contributed by atoms with E-state index >= 15 is 0 Å². The highest BCUT2D eigenvalue weighted by Crippen LogP contribution is 2.35. The Hall–Kier alpha value is -3.85. The van der Waals surface area contributed by atoms with Crippen molar-refractivity contribution in [1.29, 1.82) is 0 Å². The molecule has 7 nitrogen and oxygen atoms in total. The van der Waals surface area contributed by atoms with Gasteiger partial charge in [0.2, 0.25) is 21.7 Å². The van der Waals surface area contributed by atoms with Gasteiger partial charge < -0.3 is 5.11 Å². The Morgan fingerprint density at radius 2 is 1.78 bits per heavy atom. The summed E-state index contributed by atoms with van der Waals surface area (Å²) >= 11 is 0. The van der Waals surface area contributed by atoms with Crippen LogP contribution in [0, 0.1) is 5.95 Å². The van der Waals surface area contributed by atoms with Crippen LogP contribution in [0.15, 0.2) is 81.4 Å². The van der Waals surface area contributed by atoms with Gasteiger partial charge in [0.15, 0.2) is 4.90 Å². The minimum Gasteiger partial charge on any atom is -0.492 e. The van der Waals surface area contributed by atoms with Crippen molar-refractivity contribution >= 4 is 9.84 Å². The predicted octanol–water partition coefficient (Wildman–Crippen LogP) is 4.86. The molecule has 0 unspecified atom stereocenters. The van der Waals surface area contributed by atoms with E-state index in [-0.39, 0.29) is 10.9 Å². The molecule has 37 heavy (non-hydrogen) atoms. The maximum atomic E-state index is 13.9. The Kier molecular flexibility index (Phi) is 6.64. The number of pyridine rings is 1. The molecule has 1 N–H and O–H groups in total. The zero-order chi connectivity index (χ0) is 26.2. The lowest BCUT2D eigenvalue weighted by atomic mass is 10.1. The SMILES string of the molecule is CCCCc1nc(O)c(S(=O)(=O)c2ccc(-c3ccc(F)nc3)cc2)c(=O)n1[C@H]1CCc2ccccc21. The summed E-state index contributed by atoms with van der Waals surface area (Å²) in [5, 5.41) is 10.7. The van der Waals surface area contributed by atoms with Gasteiger partial charge in [-0.2, -0.15) is 9.37 Å². The number of aryl methyl sites for hydroxylation is 2. The van der Waals surface area contributed by atoms with Crippen LogP contribution in [0.1, 0.15) is 49.2 Å². The zero-order valence-corrected chi connectivity index (χ0v) is 21.1. The van der Waals surface area contributed by atoms with Crippen molar-refractivity contribution in [2.45, 2.75) is 54.9 Å². The minimum absolute atomic E-state index is 0.153. The molecule has 1 atom stereocenters. The van der Waals surface area contributed by atoms with Gasteiger partial charge in [-0.25, -0.2) is 13.4 Å². The molecular formula is C28H26FN3O4S. The average molecular weight is 520 g/mol. The number of sulfone groups is 1. The molecular weight excluding hydrogens is 493 g/mol. The first kappa shape index (κ1) is 24.8. The van der Waals surface area contributed by atoms with Gasteiger partial charge in [-0.15, -0.1) is 0 Å². The minimum atomic E-state index is -4.39.